The Morgan fingerprint density at radius 1 is 1.20 bits per heavy atom. The fourth-order valence-corrected chi connectivity index (χ4v) is 2.53. The number of nitrogens with two attached hydrogens (primary N) is 1. The van der Waals surface area contributed by atoms with Crippen molar-refractivity contribution in [1.82, 2.24) is 15.1 Å². The van der Waals surface area contributed by atoms with Crippen LogP contribution < -0.4 is 11.1 Å². The van der Waals surface area contributed by atoms with Crippen molar-refractivity contribution in [3.05, 3.63) is 0 Å². The number of piperazine rings is 1. The first kappa shape index (κ1) is 17.4. The molecule has 1 aliphatic rings. The summed E-state index contributed by atoms with van der Waals surface area (Å²) in [5, 5.41) is 3.02. The van der Waals surface area contributed by atoms with E-state index in [1.807, 2.05) is 6.92 Å². The molecule has 1 fully saturated rings. The molecule has 0 aromatic heterocycles. The molecule has 1 rings (SSSR count). The highest BCUT2D eigenvalue weighted by molar-refractivity contribution is 5.75. The minimum atomic E-state index is 0.105. The smallest absolute Gasteiger partial charge is 0.220 e. The Hall–Kier alpha value is -0.650. The minimum absolute atomic E-state index is 0.105. The number of rotatable bonds is 8. The van der Waals surface area contributed by atoms with Gasteiger partial charge < -0.3 is 20.9 Å². The van der Waals surface area contributed by atoms with E-state index in [9.17, 15) is 4.79 Å². The van der Waals surface area contributed by atoms with Gasteiger partial charge in [0.05, 0.1) is 0 Å². The van der Waals surface area contributed by atoms with Crippen LogP contribution in [-0.4, -0.2) is 67.6 Å². The first-order valence-corrected chi connectivity index (χ1v) is 7.98. The molecular formula is C15H32N4O. The van der Waals surface area contributed by atoms with Gasteiger partial charge in [-0.15, -0.1) is 0 Å². The lowest BCUT2D eigenvalue weighted by Crippen LogP contribution is -2.48. The summed E-state index contributed by atoms with van der Waals surface area (Å²) in [6.07, 6.45) is 1.30. The van der Waals surface area contributed by atoms with E-state index < -0.39 is 0 Å². The average Bonchev–Trinajstić information content (AvgIpc) is 2.43. The summed E-state index contributed by atoms with van der Waals surface area (Å²) in [4.78, 5) is 16.6. The maximum atomic E-state index is 11.6. The van der Waals surface area contributed by atoms with Crippen LogP contribution in [0.1, 0.15) is 33.6 Å². The van der Waals surface area contributed by atoms with Crippen molar-refractivity contribution in [2.75, 3.05) is 45.8 Å². The third-order valence-electron chi connectivity index (χ3n) is 3.96. The summed E-state index contributed by atoms with van der Waals surface area (Å²) in [5.74, 6) is 0.632. The van der Waals surface area contributed by atoms with Crippen molar-refractivity contribution in [2.24, 2.45) is 11.7 Å². The summed E-state index contributed by atoms with van der Waals surface area (Å²) >= 11 is 0. The largest absolute Gasteiger partial charge is 0.356 e. The average molecular weight is 284 g/mol. The SMILES string of the molecule is CCN1CCN(CC(C)CNC(=O)CCC(C)N)CC1. The standard InChI is InChI=1S/C15H32N4O/c1-4-18-7-9-19(10-8-18)12-13(2)11-17-15(20)6-5-14(3)16/h13-14H,4-12,16H2,1-3H3,(H,17,20). The van der Waals surface area contributed by atoms with Gasteiger partial charge in [0.2, 0.25) is 5.91 Å². The first-order valence-electron chi connectivity index (χ1n) is 7.98. The summed E-state index contributed by atoms with van der Waals surface area (Å²) in [7, 11) is 0. The van der Waals surface area contributed by atoms with Gasteiger partial charge >= 0.3 is 0 Å². The Labute approximate surface area is 123 Å². The fraction of sp³-hybridized carbons (Fsp3) is 0.933. The van der Waals surface area contributed by atoms with Gasteiger partial charge in [0, 0.05) is 51.7 Å². The van der Waals surface area contributed by atoms with Gasteiger partial charge in [0.15, 0.2) is 0 Å². The van der Waals surface area contributed by atoms with E-state index >= 15 is 0 Å². The third kappa shape index (κ3) is 7.22. The number of amides is 1. The number of nitrogens with zero attached hydrogens (tertiary/aromatic N) is 2. The Morgan fingerprint density at radius 3 is 2.35 bits per heavy atom. The van der Waals surface area contributed by atoms with Gasteiger partial charge in [-0.3, -0.25) is 4.79 Å². The van der Waals surface area contributed by atoms with Crippen molar-refractivity contribution in [2.45, 2.75) is 39.7 Å². The second kappa shape index (κ2) is 9.32. The van der Waals surface area contributed by atoms with E-state index in [-0.39, 0.29) is 11.9 Å². The lowest BCUT2D eigenvalue weighted by atomic mass is 10.1. The normalized spacial score (nSPS) is 20.6. The number of hydrogen-bond acceptors (Lipinski definition) is 4. The maximum Gasteiger partial charge on any atom is 0.220 e. The van der Waals surface area contributed by atoms with Crippen molar-refractivity contribution in [3.8, 4) is 0 Å². The van der Waals surface area contributed by atoms with Crippen molar-refractivity contribution in [1.29, 1.82) is 0 Å². The van der Waals surface area contributed by atoms with E-state index in [4.69, 9.17) is 5.73 Å². The first-order chi connectivity index (χ1) is 9.51. The number of likely N-dealkylation sites (N-methyl/N-ethyl adjacent to an activating group) is 1. The van der Waals surface area contributed by atoms with Gasteiger partial charge in [-0.05, 0) is 25.8 Å². The van der Waals surface area contributed by atoms with Crippen LogP contribution in [0.5, 0.6) is 0 Å². The van der Waals surface area contributed by atoms with Crippen molar-refractivity contribution < 1.29 is 4.79 Å². The molecule has 1 amide bonds. The van der Waals surface area contributed by atoms with Gasteiger partial charge in [0.1, 0.15) is 0 Å². The topological polar surface area (TPSA) is 61.6 Å². The quantitative estimate of drug-likeness (QED) is 0.681. The molecule has 0 aliphatic carbocycles. The molecule has 20 heavy (non-hydrogen) atoms. The predicted molar refractivity (Wildman–Crippen MR) is 83.6 cm³/mol. The maximum absolute atomic E-state index is 11.6. The molecule has 0 aromatic rings. The molecule has 118 valence electrons. The van der Waals surface area contributed by atoms with Crippen LogP contribution in [0.3, 0.4) is 0 Å². The zero-order chi connectivity index (χ0) is 15.0. The lowest BCUT2D eigenvalue weighted by molar-refractivity contribution is -0.121. The Bertz CT molecular complexity index is 275. The van der Waals surface area contributed by atoms with E-state index in [2.05, 4.69) is 29.0 Å². The van der Waals surface area contributed by atoms with Crippen LogP contribution in [-0.2, 0) is 4.79 Å². The highest BCUT2D eigenvalue weighted by atomic mass is 16.1. The molecule has 3 N–H and O–H groups in total. The second-order valence-corrected chi connectivity index (χ2v) is 6.16. The van der Waals surface area contributed by atoms with Gasteiger partial charge in [-0.2, -0.15) is 0 Å². The van der Waals surface area contributed by atoms with E-state index in [0.29, 0.717) is 12.3 Å². The zero-order valence-corrected chi connectivity index (χ0v) is 13.4. The molecule has 1 saturated heterocycles. The van der Waals surface area contributed by atoms with Crippen LogP contribution in [0, 0.1) is 5.92 Å². The minimum Gasteiger partial charge on any atom is -0.356 e. The van der Waals surface area contributed by atoms with E-state index in [1.54, 1.807) is 0 Å². The van der Waals surface area contributed by atoms with Gasteiger partial charge in [0.25, 0.3) is 0 Å². The van der Waals surface area contributed by atoms with Crippen molar-refractivity contribution >= 4 is 5.91 Å². The monoisotopic (exact) mass is 284 g/mol. The highest BCUT2D eigenvalue weighted by Gasteiger charge is 2.17. The van der Waals surface area contributed by atoms with E-state index in [0.717, 1.165) is 39.1 Å². The molecule has 0 aromatic carbocycles. The Kier molecular flexibility index (Phi) is 8.11. The summed E-state index contributed by atoms with van der Waals surface area (Å²) in [5.41, 5.74) is 5.65. The molecule has 1 aliphatic heterocycles. The number of hydrogen-bond donors (Lipinski definition) is 2. The molecular weight excluding hydrogens is 252 g/mol. The summed E-state index contributed by atoms with van der Waals surface area (Å²) < 4.78 is 0. The lowest BCUT2D eigenvalue weighted by Gasteiger charge is -2.35. The van der Waals surface area contributed by atoms with Gasteiger partial charge in [-0.25, -0.2) is 0 Å². The molecule has 2 atom stereocenters. The zero-order valence-electron chi connectivity index (χ0n) is 13.4. The molecule has 0 radical (unpaired) electrons. The van der Waals surface area contributed by atoms with Crippen LogP contribution >= 0.6 is 0 Å². The number of nitrogens with one attached hydrogen (secondary N) is 1. The van der Waals surface area contributed by atoms with Crippen LogP contribution in [0.25, 0.3) is 0 Å². The molecule has 5 nitrogen and oxygen atoms in total. The Morgan fingerprint density at radius 2 is 1.80 bits per heavy atom. The molecule has 0 saturated carbocycles. The Balaban J connectivity index is 2.11. The highest BCUT2D eigenvalue weighted by Crippen LogP contribution is 2.05. The molecule has 0 bridgehead atoms. The summed E-state index contributed by atoms with van der Waals surface area (Å²) in [6.45, 7) is 14.0. The van der Waals surface area contributed by atoms with E-state index in [1.165, 1.54) is 13.1 Å². The number of carbonyl (C=O) groups excluding carboxylic acids is 1. The predicted octanol–water partition coefficient (Wildman–Crippen LogP) is 0.504. The van der Waals surface area contributed by atoms with Crippen LogP contribution in [0.15, 0.2) is 0 Å². The molecule has 1 heterocycles. The summed E-state index contributed by atoms with van der Waals surface area (Å²) in [6, 6.07) is 0.105. The molecule has 5 heteroatoms. The van der Waals surface area contributed by atoms with Crippen LogP contribution in [0.2, 0.25) is 0 Å². The molecule has 0 spiro atoms. The molecule has 2 unspecified atom stereocenters. The fourth-order valence-electron chi connectivity index (χ4n) is 2.53. The van der Waals surface area contributed by atoms with Gasteiger partial charge in [-0.1, -0.05) is 13.8 Å². The third-order valence-corrected chi connectivity index (χ3v) is 3.96. The number of carbonyl (C=O) groups is 1. The van der Waals surface area contributed by atoms with Crippen LogP contribution in [0.4, 0.5) is 0 Å². The second-order valence-electron chi connectivity index (χ2n) is 6.16. The van der Waals surface area contributed by atoms with Crippen molar-refractivity contribution in [3.63, 3.8) is 0 Å².